The highest BCUT2D eigenvalue weighted by Gasteiger charge is 2.18. The number of aromatic nitrogens is 2. The first-order chi connectivity index (χ1) is 7.77. The SMILES string of the molecule is N#CC(NC=O)c1nncc2scc(Br)c12. The number of nitriles is 1. The Labute approximate surface area is 103 Å². The van der Waals surface area contributed by atoms with Gasteiger partial charge in [0.2, 0.25) is 6.41 Å². The van der Waals surface area contributed by atoms with Gasteiger partial charge in [0.1, 0.15) is 5.69 Å². The normalized spacial score (nSPS) is 12.0. The summed E-state index contributed by atoms with van der Waals surface area (Å²) in [5.41, 5.74) is 0.459. The molecule has 2 aromatic rings. The van der Waals surface area contributed by atoms with Crippen molar-refractivity contribution in [3.05, 3.63) is 21.7 Å². The molecule has 0 aliphatic heterocycles. The van der Waals surface area contributed by atoms with Gasteiger partial charge in [-0.15, -0.1) is 11.3 Å². The molecule has 7 heteroatoms. The van der Waals surface area contributed by atoms with E-state index in [1.165, 1.54) is 11.3 Å². The lowest BCUT2D eigenvalue weighted by molar-refractivity contribution is -0.109. The van der Waals surface area contributed by atoms with Crippen molar-refractivity contribution in [3.63, 3.8) is 0 Å². The number of hydrogen-bond acceptors (Lipinski definition) is 5. The Morgan fingerprint density at radius 3 is 3.19 bits per heavy atom. The molecule has 1 amide bonds. The van der Waals surface area contributed by atoms with Gasteiger partial charge in [-0.05, 0) is 15.9 Å². The summed E-state index contributed by atoms with van der Waals surface area (Å²) in [6, 6.07) is 1.19. The second-order valence-electron chi connectivity index (χ2n) is 2.90. The van der Waals surface area contributed by atoms with Crippen LogP contribution >= 0.6 is 27.3 Å². The van der Waals surface area contributed by atoms with Crippen LogP contribution in [0.4, 0.5) is 0 Å². The van der Waals surface area contributed by atoms with Crippen molar-refractivity contribution < 1.29 is 4.79 Å². The average molecular weight is 297 g/mol. The van der Waals surface area contributed by atoms with Crippen LogP contribution in [0.25, 0.3) is 10.1 Å². The molecule has 0 radical (unpaired) electrons. The lowest BCUT2D eigenvalue weighted by Crippen LogP contribution is -2.19. The van der Waals surface area contributed by atoms with Gasteiger partial charge in [-0.2, -0.15) is 15.5 Å². The van der Waals surface area contributed by atoms with Crippen LogP contribution in [0.3, 0.4) is 0 Å². The number of fused-ring (bicyclic) bond motifs is 1. The lowest BCUT2D eigenvalue weighted by atomic mass is 10.1. The highest BCUT2D eigenvalue weighted by atomic mass is 79.9. The Kier molecular flexibility index (Phi) is 3.12. The van der Waals surface area contributed by atoms with Gasteiger partial charge >= 0.3 is 0 Å². The maximum atomic E-state index is 10.4. The fourth-order valence-corrected chi connectivity index (χ4v) is 2.95. The van der Waals surface area contributed by atoms with Crippen molar-refractivity contribution in [1.29, 1.82) is 5.26 Å². The summed E-state index contributed by atoms with van der Waals surface area (Å²) < 4.78 is 1.77. The van der Waals surface area contributed by atoms with Gasteiger partial charge in [-0.1, -0.05) is 0 Å². The Balaban J connectivity index is 2.63. The van der Waals surface area contributed by atoms with E-state index in [0.29, 0.717) is 12.1 Å². The van der Waals surface area contributed by atoms with E-state index >= 15 is 0 Å². The number of hydrogen-bond donors (Lipinski definition) is 1. The van der Waals surface area contributed by atoms with E-state index in [0.717, 1.165) is 14.6 Å². The second kappa shape index (κ2) is 4.55. The molecule has 0 saturated heterocycles. The topological polar surface area (TPSA) is 78.7 Å². The molecular formula is C9H5BrN4OS. The van der Waals surface area contributed by atoms with Crippen LogP contribution < -0.4 is 5.32 Å². The summed E-state index contributed by atoms with van der Waals surface area (Å²) >= 11 is 4.88. The number of thiophene rings is 1. The summed E-state index contributed by atoms with van der Waals surface area (Å²) in [6.07, 6.45) is 2.11. The van der Waals surface area contributed by atoms with Gasteiger partial charge in [0, 0.05) is 15.2 Å². The van der Waals surface area contributed by atoms with Crippen molar-refractivity contribution >= 4 is 43.8 Å². The fraction of sp³-hybridized carbons (Fsp3) is 0.111. The minimum absolute atomic E-state index is 0.459. The van der Waals surface area contributed by atoms with E-state index in [9.17, 15) is 4.79 Å². The molecule has 16 heavy (non-hydrogen) atoms. The van der Waals surface area contributed by atoms with Gasteiger partial charge in [0.05, 0.1) is 17.0 Å². The highest BCUT2D eigenvalue weighted by molar-refractivity contribution is 9.10. The molecule has 0 spiro atoms. The Morgan fingerprint density at radius 1 is 1.69 bits per heavy atom. The number of amides is 1. The summed E-state index contributed by atoms with van der Waals surface area (Å²) in [6.45, 7) is 0. The van der Waals surface area contributed by atoms with Crippen molar-refractivity contribution in [2.24, 2.45) is 0 Å². The summed E-state index contributed by atoms with van der Waals surface area (Å²) in [7, 11) is 0. The zero-order chi connectivity index (χ0) is 11.5. The molecule has 2 aromatic heterocycles. The summed E-state index contributed by atoms with van der Waals surface area (Å²) in [4.78, 5) is 10.4. The van der Waals surface area contributed by atoms with E-state index in [1.807, 2.05) is 11.4 Å². The number of carbonyl (C=O) groups excluding carboxylic acids is 1. The molecule has 1 N–H and O–H groups in total. The van der Waals surface area contributed by atoms with E-state index in [-0.39, 0.29) is 0 Å². The van der Waals surface area contributed by atoms with Crippen molar-refractivity contribution in [3.8, 4) is 6.07 Å². The fourth-order valence-electron chi connectivity index (χ4n) is 1.34. The van der Waals surface area contributed by atoms with Crippen LogP contribution in [0.1, 0.15) is 11.7 Å². The number of rotatable bonds is 3. The summed E-state index contributed by atoms with van der Waals surface area (Å²) in [5.74, 6) is 0. The largest absolute Gasteiger partial charge is 0.338 e. The van der Waals surface area contributed by atoms with Crippen molar-refractivity contribution in [2.45, 2.75) is 6.04 Å². The third-order valence-electron chi connectivity index (χ3n) is 2.01. The number of halogens is 1. The van der Waals surface area contributed by atoms with Crippen LogP contribution in [0.2, 0.25) is 0 Å². The predicted octanol–water partition coefficient (Wildman–Crippen LogP) is 1.76. The molecule has 5 nitrogen and oxygen atoms in total. The molecule has 0 aromatic carbocycles. The predicted molar refractivity (Wildman–Crippen MR) is 62.7 cm³/mol. The van der Waals surface area contributed by atoms with Gasteiger partial charge in [0.15, 0.2) is 6.04 Å². The molecule has 0 fully saturated rings. The third kappa shape index (κ3) is 1.77. The van der Waals surface area contributed by atoms with Gasteiger partial charge in [-0.25, -0.2) is 0 Å². The van der Waals surface area contributed by atoms with E-state index in [2.05, 4.69) is 31.4 Å². The molecule has 80 valence electrons. The molecule has 1 atom stereocenters. The first-order valence-corrected chi connectivity index (χ1v) is 5.92. The zero-order valence-corrected chi connectivity index (χ0v) is 10.2. The quantitative estimate of drug-likeness (QED) is 0.876. The maximum Gasteiger partial charge on any atom is 0.208 e. The smallest absolute Gasteiger partial charge is 0.208 e. The monoisotopic (exact) mass is 296 g/mol. The number of carbonyl (C=O) groups is 1. The molecule has 1 unspecified atom stereocenters. The lowest BCUT2D eigenvalue weighted by Gasteiger charge is -2.07. The van der Waals surface area contributed by atoms with E-state index in [4.69, 9.17) is 5.26 Å². The standard InChI is InChI=1S/C9H5BrN4OS/c10-5-3-16-7-2-13-14-9(8(5)7)6(1-11)12-4-15/h2-4,6H,(H,12,15). The first-order valence-electron chi connectivity index (χ1n) is 4.25. The summed E-state index contributed by atoms with van der Waals surface area (Å²) in [5, 5.41) is 21.8. The van der Waals surface area contributed by atoms with Crippen LogP contribution in [0.5, 0.6) is 0 Å². The third-order valence-corrected chi connectivity index (χ3v) is 3.85. The minimum Gasteiger partial charge on any atom is -0.338 e. The van der Waals surface area contributed by atoms with Crippen molar-refractivity contribution in [1.82, 2.24) is 15.5 Å². The molecule has 0 saturated carbocycles. The Bertz CT molecular complexity index is 576. The van der Waals surface area contributed by atoms with E-state index < -0.39 is 6.04 Å². The van der Waals surface area contributed by atoms with Crippen LogP contribution in [0, 0.1) is 11.3 Å². The van der Waals surface area contributed by atoms with Crippen LogP contribution in [-0.2, 0) is 4.79 Å². The molecule has 0 aliphatic carbocycles. The first kappa shape index (κ1) is 11.0. The molecular weight excluding hydrogens is 292 g/mol. The van der Waals surface area contributed by atoms with Crippen LogP contribution in [0.15, 0.2) is 16.0 Å². The molecule has 0 aliphatic rings. The van der Waals surface area contributed by atoms with Gasteiger partial charge < -0.3 is 5.32 Å². The van der Waals surface area contributed by atoms with E-state index in [1.54, 1.807) is 6.20 Å². The van der Waals surface area contributed by atoms with Crippen molar-refractivity contribution in [2.75, 3.05) is 0 Å². The second-order valence-corrected chi connectivity index (χ2v) is 4.66. The molecule has 2 heterocycles. The zero-order valence-electron chi connectivity index (χ0n) is 7.85. The maximum absolute atomic E-state index is 10.4. The van der Waals surface area contributed by atoms with Gasteiger partial charge in [-0.3, -0.25) is 4.79 Å². The minimum atomic E-state index is -0.778. The molecule has 2 rings (SSSR count). The average Bonchev–Trinajstić information content (AvgIpc) is 2.68. The highest BCUT2D eigenvalue weighted by Crippen LogP contribution is 2.33. The molecule has 0 bridgehead atoms. The Morgan fingerprint density at radius 2 is 2.50 bits per heavy atom. The number of nitrogens with zero attached hydrogens (tertiary/aromatic N) is 3. The Hall–Kier alpha value is -1.52. The van der Waals surface area contributed by atoms with Gasteiger partial charge in [0.25, 0.3) is 0 Å². The number of nitrogens with one attached hydrogen (secondary N) is 1. The van der Waals surface area contributed by atoms with Crippen LogP contribution in [-0.4, -0.2) is 16.6 Å².